The average Bonchev–Trinajstić information content (AvgIpc) is 2.60. The first-order valence-corrected chi connectivity index (χ1v) is 13.3. The molecule has 0 heterocycles. The molecule has 0 fully saturated rings. The Bertz CT molecular complexity index is 349. The molecule has 0 amide bonds. The van der Waals surface area contributed by atoms with Crippen LogP contribution in [0.5, 0.6) is 0 Å². The molecule has 0 unspecified atom stereocenters. The fourth-order valence-corrected chi connectivity index (χ4v) is 4.86. The van der Waals surface area contributed by atoms with Gasteiger partial charge in [0.15, 0.2) is 0 Å². The summed E-state index contributed by atoms with van der Waals surface area (Å²) in [5, 5.41) is 0. The molecule has 0 radical (unpaired) electrons. The van der Waals surface area contributed by atoms with Gasteiger partial charge in [0, 0.05) is 5.57 Å². The zero-order valence-electron chi connectivity index (χ0n) is 16.9. The summed E-state index contributed by atoms with van der Waals surface area (Å²) in [5.41, 5.74) is 0.485. The van der Waals surface area contributed by atoms with Crippen molar-refractivity contribution in [3.8, 4) is 0 Å². The summed E-state index contributed by atoms with van der Waals surface area (Å²) in [6.45, 7) is 5.79. The Morgan fingerprint density at radius 2 is 1.19 bits per heavy atom. The van der Waals surface area contributed by atoms with E-state index in [0.717, 1.165) is 12.8 Å². The molecule has 0 bridgehead atoms. The van der Waals surface area contributed by atoms with Crippen molar-refractivity contribution in [3.05, 3.63) is 12.2 Å². The van der Waals surface area contributed by atoms with E-state index in [1.807, 2.05) is 0 Å². The van der Waals surface area contributed by atoms with E-state index in [4.69, 9.17) is 27.9 Å². The number of alkyl halides is 2. The van der Waals surface area contributed by atoms with Gasteiger partial charge in [-0.25, -0.2) is 4.79 Å². The van der Waals surface area contributed by atoms with E-state index >= 15 is 0 Å². The minimum absolute atomic E-state index is 0.0404. The zero-order valence-corrected chi connectivity index (χ0v) is 19.8. The summed E-state index contributed by atoms with van der Waals surface area (Å²) in [6.07, 6.45) is 18.4. The Balaban J connectivity index is 3.07. The smallest absolute Gasteiger partial charge is 0.333 e. The Kier molecular flexibility index (Phi) is 19.8. The summed E-state index contributed by atoms with van der Waals surface area (Å²) in [5.74, 6) is -0.262. The number of halogens is 2. The number of carbonyl (C=O) groups is 1. The summed E-state index contributed by atoms with van der Waals surface area (Å²) in [6, 6.07) is 1.30. The number of unbranched alkanes of at least 4 members (excludes halogenated alkanes) is 13. The molecule has 154 valence electrons. The monoisotopic (exact) mass is 422 g/mol. The highest BCUT2D eigenvalue weighted by atomic mass is 35.5. The Labute approximate surface area is 174 Å². The van der Waals surface area contributed by atoms with E-state index in [9.17, 15) is 4.79 Å². The van der Waals surface area contributed by atoms with Crippen molar-refractivity contribution >= 4 is 38.7 Å². The molecule has 0 aromatic heterocycles. The van der Waals surface area contributed by atoms with Gasteiger partial charge in [0.1, 0.15) is 0 Å². The molecule has 0 aliphatic rings. The number of hydrogen-bond acceptors (Lipinski definition) is 2. The number of ether oxygens (including phenoxy) is 1. The third-order valence-corrected chi connectivity index (χ3v) is 7.30. The Morgan fingerprint density at radius 1 is 0.808 bits per heavy atom. The Hall–Kier alpha value is 0.00688. The quantitative estimate of drug-likeness (QED) is 0.0741. The van der Waals surface area contributed by atoms with Gasteiger partial charge < -0.3 is 4.74 Å². The van der Waals surface area contributed by atoms with Gasteiger partial charge in [0.2, 0.25) is 0 Å². The lowest BCUT2D eigenvalue weighted by Gasteiger charge is -2.05. The lowest BCUT2D eigenvalue weighted by molar-refractivity contribution is -0.139. The number of hydrogen-bond donors (Lipinski definition) is 0. The molecule has 0 aromatic rings. The molecule has 0 saturated heterocycles. The van der Waals surface area contributed by atoms with Crippen molar-refractivity contribution in [1.29, 1.82) is 0 Å². The van der Waals surface area contributed by atoms with Crippen molar-refractivity contribution in [2.75, 3.05) is 6.61 Å². The molecule has 0 spiro atoms. The van der Waals surface area contributed by atoms with E-state index in [0.29, 0.717) is 12.2 Å². The van der Waals surface area contributed by atoms with Crippen LogP contribution in [0, 0.1) is 0 Å². The van der Waals surface area contributed by atoms with Crippen LogP contribution in [0.4, 0.5) is 0 Å². The summed E-state index contributed by atoms with van der Waals surface area (Å²) < 4.78 is 5.04. The minimum atomic E-state index is -0.262. The van der Waals surface area contributed by atoms with Crippen molar-refractivity contribution < 1.29 is 9.53 Å². The molecule has 0 aliphatic carbocycles. The summed E-state index contributed by atoms with van der Waals surface area (Å²) in [4.78, 5) is 11.2. The van der Waals surface area contributed by atoms with Gasteiger partial charge in [-0.15, -0.1) is 23.2 Å². The predicted molar refractivity (Wildman–Crippen MR) is 119 cm³/mol. The van der Waals surface area contributed by atoms with Crippen molar-refractivity contribution in [2.24, 2.45) is 0 Å². The largest absolute Gasteiger partial charge is 0.462 e. The SMILES string of the molecule is C=C(C)C(=O)OCCCCCCCCCCCCCCCC[SiH2]C(Cl)Cl. The van der Waals surface area contributed by atoms with E-state index in [1.165, 1.54) is 83.1 Å². The first-order valence-electron chi connectivity index (χ1n) is 10.6. The number of rotatable bonds is 19. The van der Waals surface area contributed by atoms with Crippen molar-refractivity contribution in [1.82, 2.24) is 0 Å². The van der Waals surface area contributed by atoms with Crippen LogP contribution in [0.15, 0.2) is 12.2 Å². The predicted octanol–water partition coefficient (Wildman–Crippen LogP) is 6.92. The van der Waals surface area contributed by atoms with E-state index in [1.54, 1.807) is 6.92 Å². The molecule has 0 saturated carbocycles. The normalized spacial score (nSPS) is 11.5. The van der Waals surface area contributed by atoms with Crippen LogP contribution in [0.25, 0.3) is 0 Å². The maximum atomic E-state index is 11.2. The average molecular weight is 424 g/mol. The van der Waals surface area contributed by atoms with Gasteiger partial charge >= 0.3 is 5.97 Å². The third-order valence-electron chi connectivity index (χ3n) is 4.65. The van der Waals surface area contributed by atoms with Crippen LogP contribution < -0.4 is 0 Å². The van der Waals surface area contributed by atoms with Crippen LogP contribution in [-0.2, 0) is 9.53 Å². The van der Waals surface area contributed by atoms with Gasteiger partial charge in [0.05, 0.1) is 20.6 Å². The second-order valence-electron chi connectivity index (χ2n) is 7.40. The molecule has 0 rings (SSSR count). The molecule has 0 aliphatic heterocycles. The maximum Gasteiger partial charge on any atom is 0.333 e. The molecular formula is C21H40Cl2O2Si. The van der Waals surface area contributed by atoms with E-state index in [-0.39, 0.29) is 19.9 Å². The van der Waals surface area contributed by atoms with Crippen LogP contribution >= 0.6 is 23.2 Å². The van der Waals surface area contributed by atoms with Crippen LogP contribution in [0.3, 0.4) is 0 Å². The lowest BCUT2D eigenvalue weighted by atomic mass is 10.0. The molecule has 5 heteroatoms. The molecule has 0 N–H and O–H groups in total. The molecule has 0 aromatic carbocycles. The first-order chi connectivity index (χ1) is 12.5. The fourth-order valence-electron chi connectivity index (χ4n) is 2.99. The van der Waals surface area contributed by atoms with Crippen LogP contribution in [0.1, 0.15) is 96.8 Å². The second-order valence-corrected chi connectivity index (χ2v) is 11.8. The Morgan fingerprint density at radius 3 is 1.58 bits per heavy atom. The minimum Gasteiger partial charge on any atom is -0.462 e. The van der Waals surface area contributed by atoms with Gasteiger partial charge in [-0.05, 0) is 13.3 Å². The van der Waals surface area contributed by atoms with Crippen molar-refractivity contribution in [2.45, 2.75) is 107 Å². The second kappa shape index (κ2) is 19.8. The molecular weight excluding hydrogens is 383 g/mol. The number of esters is 1. The highest BCUT2D eigenvalue weighted by Crippen LogP contribution is 2.14. The molecule has 0 atom stereocenters. The maximum absolute atomic E-state index is 11.2. The first kappa shape index (κ1) is 26.0. The number of carbonyl (C=O) groups excluding carboxylic acids is 1. The topological polar surface area (TPSA) is 26.3 Å². The van der Waals surface area contributed by atoms with E-state index < -0.39 is 0 Å². The summed E-state index contributed by atoms with van der Waals surface area (Å²) in [7, 11) is -0.217. The van der Waals surface area contributed by atoms with Crippen LogP contribution in [-0.4, -0.2) is 26.6 Å². The highest BCUT2D eigenvalue weighted by molar-refractivity contribution is 6.68. The van der Waals surface area contributed by atoms with Gasteiger partial charge in [-0.3, -0.25) is 0 Å². The van der Waals surface area contributed by atoms with E-state index in [2.05, 4.69) is 6.58 Å². The molecule has 2 nitrogen and oxygen atoms in total. The van der Waals surface area contributed by atoms with Gasteiger partial charge in [-0.2, -0.15) is 0 Å². The van der Waals surface area contributed by atoms with Gasteiger partial charge in [-0.1, -0.05) is 96.1 Å². The third kappa shape index (κ3) is 20.3. The van der Waals surface area contributed by atoms with Crippen LogP contribution in [0.2, 0.25) is 6.04 Å². The molecule has 26 heavy (non-hydrogen) atoms. The fraction of sp³-hybridized carbons (Fsp3) is 0.857. The lowest BCUT2D eigenvalue weighted by Crippen LogP contribution is -2.05. The standard InChI is InChI=1S/C21H40Cl2O2Si/c1-19(2)20(24)25-17-15-13-11-9-7-5-3-4-6-8-10-12-14-16-18-26-21(22)23/h21H,1,3-18,26H2,2H3. The zero-order chi connectivity index (χ0) is 19.5. The van der Waals surface area contributed by atoms with Crippen molar-refractivity contribution in [3.63, 3.8) is 0 Å². The van der Waals surface area contributed by atoms with Gasteiger partial charge in [0.25, 0.3) is 0 Å². The highest BCUT2D eigenvalue weighted by Gasteiger charge is 2.02. The summed E-state index contributed by atoms with van der Waals surface area (Å²) >= 11 is 11.6.